The number of anilines is 1. The van der Waals surface area contributed by atoms with Crippen molar-refractivity contribution in [3.8, 4) is 0 Å². The molecule has 0 radical (unpaired) electrons. The molecule has 0 atom stereocenters. The highest BCUT2D eigenvalue weighted by Gasteiger charge is 2.26. The van der Waals surface area contributed by atoms with Crippen LogP contribution >= 0.6 is 0 Å². The summed E-state index contributed by atoms with van der Waals surface area (Å²) in [5, 5.41) is 3.12. The van der Waals surface area contributed by atoms with Crippen molar-refractivity contribution < 1.29 is 13.2 Å². The lowest BCUT2D eigenvalue weighted by Gasteiger charge is -2.19. The highest BCUT2D eigenvalue weighted by Crippen LogP contribution is 2.25. The van der Waals surface area contributed by atoms with Crippen LogP contribution in [0.1, 0.15) is 34.0 Å². The van der Waals surface area contributed by atoms with Gasteiger partial charge in [0.2, 0.25) is 5.78 Å². The highest BCUT2D eigenvalue weighted by atomic mass is 32.2. The lowest BCUT2D eigenvalue weighted by Crippen LogP contribution is -2.22. The second-order valence-electron chi connectivity index (χ2n) is 7.38. The van der Waals surface area contributed by atoms with Crippen LogP contribution in [0.15, 0.2) is 93.9 Å². The second-order valence-corrected chi connectivity index (χ2v) is 8.98. The Morgan fingerprint density at radius 3 is 2.29 bits per heavy atom. The van der Waals surface area contributed by atoms with Gasteiger partial charge in [-0.3, -0.25) is 4.79 Å². The Morgan fingerprint density at radius 2 is 1.61 bits per heavy atom. The zero-order chi connectivity index (χ0) is 22.0. The molecule has 5 nitrogen and oxygen atoms in total. The fourth-order valence-corrected chi connectivity index (χ4v) is 4.45. The number of nitrogens with zero attached hydrogens (tertiary/aromatic N) is 1. The summed E-state index contributed by atoms with van der Waals surface area (Å²) in [6.45, 7) is 3.97. The van der Waals surface area contributed by atoms with Gasteiger partial charge in [-0.2, -0.15) is 12.8 Å². The number of hydrogen-bond acceptors (Lipinski definition) is 4. The Labute approximate surface area is 182 Å². The summed E-state index contributed by atoms with van der Waals surface area (Å²) in [5.74, 6) is -0.208. The van der Waals surface area contributed by atoms with Gasteiger partial charge in [0, 0.05) is 16.8 Å². The van der Waals surface area contributed by atoms with Gasteiger partial charge < -0.3 is 5.32 Å². The second kappa shape index (κ2) is 8.32. The van der Waals surface area contributed by atoms with Crippen LogP contribution in [-0.2, 0) is 16.4 Å². The van der Waals surface area contributed by atoms with E-state index in [1.165, 1.54) is 6.08 Å². The molecular formula is C25H22N2O3S. The first-order chi connectivity index (χ1) is 14.9. The third-order valence-corrected chi connectivity index (χ3v) is 6.42. The SMILES string of the molecule is CCc1ccc(S(=O)(=O)N=C2C=C(Nc3cccc(C)c3)C(=O)c3ccccc32)cc1. The molecule has 3 aromatic rings. The molecule has 0 amide bonds. The maximum Gasteiger partial charge on any atom is 0.282 e. The van der Waals surface area contributed by atoms with Crippen molar-refractivity contribution in [3.05, 3.63) is 107 Å². The van der Waals surface area contributed by atoms with E-state index in [2.05, 4.69) is 9.71 Å². The van der Waals surface area contributed by atoms with Gasteiger partial charge in [0.25, 0.3) is 10.0 Å². The molecule has 31 heavy (non-hydrogen) atoms. The summed E-state index contributed by atoms with van der Waals surface area (Å²) >= 11 is 0. The number of nitrogens with one attached hydrogen (secondary N) is 1. The number of fused-ring (bicyclic) bond motifs is 1. The summed E-state index contributed by atoms with van der Waals surface area (Å²) in [5.41, 5.74) is 4.25. The number of rotatable bonds is 5. The van der Waals surface area contributed by atoms with E-state index >= 15 is 0 Å². The first-order valence-corrected chi connectivity index (χ1v) is 11.4. The Morgan fingerprint density at radius 1 is 0.903 bits per heavy atom. The molecule has 0 spiro atoms. The number of carbonyl (C=O) groups excluding carboxylic acids is 1. The average Bonchev–Trinajstić information content (AvgIpc) is 2.77. The first-order valence-electron chi connectivity index (χ1n) is 10.0. The van der Waals surface area contributed by atoms with Crippen LogP contribution in [-0.4, -0.2) is 19.9 Å². The van der Waals surface area contributed by atoms with Crippen LogP contribution in [0, 0.1) is 6.92 Å². The van der Waals surface area contributed by atoms with Crippen LogP contribution in [0.3, 0.4) is 0 Å². The first kappa shape index (κ1) is 20.8. The van der Waals surface area contributed by atoms with E-state index in [4.69, 9.17) is 0 Å². The number of Topliss-reactive ketones (excluding diaryl/α,β-unsaturated/α-hetero) is 1. The largest absolute Gasteiger partial charge is 0.352 e. The van der Waals surface area contributed by atoms with E-state index in [0.717, 1.165) is 23.2 Å². The van der Waals surface area contributed by atoms with E-state index in [1.807, 2.05) is 38.1 Å². The van der Waals surface area contributed by atoms with Gasteiger partial charge in [-0.15, -0.1) is 0 Å². The lowest BCUT2D eigenvalue weighted by atomic mass is 9.92. The molecule has 1 aliphatic rings. The van der Waals surface area contributed by atoms with Crippen molar-refractivity contribution in [2.75, 3.05) is 5.32 Å². The van der Waals surface area contributed by atoms with Crippen molar-refractivity contribution >= 4 is 27.2 Å². The summed E-state index contributed by atoms with van der Waals surface area (Å²) in [6, 6.07) is 21.2. The lowest BCUT2D eigenvalue weighted by molar-refractivity contribution is 0.103. The molecule has 3 aromatic carbocycles. The molecule has 0 aliphatic heterocycles. The molecule has 0 saturated heterocycles. The maximum atomic E-state index is 13.0. The number of ketones is 1. The van der Waals surface area contributed by atoms with Gasteiger partial charge in [0.15, 0.2) is 0 Å². The zero-order valence-corrected chi connectivity index (χ0v) is 18.1. The number of benzene rings is 3. The fourth-order valence-electron chi connectivity index (χ4n) is 3.46. The van der Waals surface area contributed by atoms with Crippen molar-refractivity contribution in [3.63, 3.8) is 0 Å². The van der Waals surface area contributed by atoms with Gasteiger partial charge in [-0.25, -0.2) is 0 Å². The van der Waals surface area contributed by atoms with Crippen LogP contribution in [0.4, 0.5) is 5.69 Å². The normalized spacial score (nSPS) is 14.8. The van der Waals surface area contributed by atoms with E-state index in [-0.39, 0.29) is 22.1 Å². The molecular weight excluding hydrogens is 408 g/mol. The summed E-state index contributed by atoms with van der Waals surface area (Å²) in [7, 11) is -3.94. The molecule has 0 unspecified atom stereocenters. The molecule has 156 valence electrons. The van der Waals surface area contributed by atoms with E-state index in [1.54, 1.807) is 48.5 Å². The minimum atomic E-state index is -3.94. The summed E-state index contributed by atoms with van der Waals surface area (Å²) in [6.07, 6.45) is 2.33. The third-order valence-electron chi connectivity index (χ3n) is 5.12. The van der Waals surface area contributed by atoms with Crippen LogP contribution in [0.25, 0.3) is 0 Å². The Hall–Kier alpha value is -3.51. The molecule has 0 fully saturated rings. The number of aryl methyl sites for hydroxylation is 2. The molecule has 1 N–H and O–H groups in total. The average molecular weight is 431 g/mol. The standard InChI is InChI=1S/C25H22N2O3S/c1-3-18-11-13-20(14-12-18)31(29,30)27-23-16-24(26-19-8-6-7-17(2)15-19)25(28)22-10-5-4-9-21(22)23/h4-16,26H,3H2,1-2H3. The number of allylic oxidation sites excluding steroid dienone is 2. The number of sulfonamides is 1. The topological polar surface area (TPSA) is 75.6 Å². The zero-order valence-electron chi connectivity index (χ0n) is 17.3. The Bertz CT molecular complexity index is 1320. The van der Waals surface area contributed by atoms with E-state index in [9.17, 15) is 13.2 Å². The monoisotopic (exact) mass is 430 g/mol. The quantitative estimate of drug-likeness (QED) is 0.623. The van der Waals surface area contributed by atoms with Gasteiger partial charge in [-0.05, 0) is 54.8 Å². The molecule has 1 aliphatic carbocycles. The number of hydrogen-bond donors (Lipinski definition) is 1. The van der Waals surface area contributed by atoms with Crippen LogP contribution < -0.4 is 5.32 Å². The fraction of sp³-hybridized carbons (Fsp3) is 0.120. The molecule has 0 bridgehead atoms. The van der Waals surface area contributed by atoms with Crippen molar-refractivity contribution in [1.29, 1.82) is 0 Å². The predicted molar refractivity (Wildman–Crippen MR) is 123 cm³/mol. The Kier molecular flexibility index (Phi) is 5.57. The summed E-state index contributed by atoms with van der Waals surface area (Å²) < 4.78 is 30.1. The predicted octanol–water partition coefficient (Wildman–Crippen LogP) is 4.93. The highest BCUT2D eigenvalue weighted by molar-refractivity contribution is 7.90. The van der Waals surface area contributed by atoms with E-state index < -0.39 is 10.0 Å². The molecule has 0 heterocycles. The minimum absolute atomic E-state index is 0.119. The smallest absolute Gasteiger partial charge is 0.282 e. The van der Waals surface area contributed by atoms with Gasteiger partial charge in [-0.1, -0.05) is 55.5 Å². The number of carbonyl (C=O) groups is 1. The molecule has 0 aromatic heterocycles. The Balaban J connectivity index is 1.79. The van der Waals surface area contributed by atoms with Crippen molar-refractivity contribution in [2.45, 2.75) is 25.2 Å². The minimum Gasteiger partial charge on any atom is -0.352 e. The van der Waals surface area contributed by atoms with Gasteiger partial charge in [0.05, 0.1) is 16.3 Å². The van der Waals surface area contributed by atoms with Crippen LogP contribution in [0.2, 0.25) is 0 Å². The third kappa shape index (κ3) is 4.34. The van der Waals surface area contributed by atoms with Crippen LogP contribution in [0.5, 0.6) is 0 Å². The van der Waals surface area contributed by atoms with E-state index in [0.29, 0.717) is 11.1 Å². The summed E-state index contributed by atoms with van der Waals surface area (Å²) in [4.78, 5) is 13.1. The van der Waals surface area contributed by atoms with Crippen molar-refractivity contribution in [1.82, 2.24) is 0 Å². The molecule has 4 rings (SSSR count). The maximum absolute atomic E-state index is 13.0. The van der Waals surface area contributed by atoms with Gasteiger partial charge in [0.1, 0.15) is 0 Å². The van der Waals surface area contributed by atoms with Gasteiger partial charge >= 0.3 is 0 Å². The molecule has 6 heteroatoms. The van der Waals surface area contributed by atoms with Crippen molar-refractivity contribution in [2.24, 2.45) is 4.40 Å². The molecule has 0 saturated carbocycles.